The molecule has 0 fully saturated rings. The third-order valence-electron chi connectivity index (χ3n) is 3.59. The molecule has 21 heavy (non-hydrogen) atoms. The van der Waals surface area contributed by atoms with Gasteiger partial charge in [0.15, 0.2) is 0 Å². The number of carbonyl (C=O) groups is 1. The molecule has 0 aliphatic rings. The molecule has 2 rings (SSSR count). The van der Waals surface area contributed by atoms with Gasteiger partial charge in [0, 0.05) is 5.56 Å². The summed E-state index contributed by atoms with van der Waals surface area (Å²) in [4.78, 5) is 12.3. The minimum Gasteiger partial charge on any atom is -0.497 e. The summed E-state index contributed by atoms with van der Waals surface area (Å²) >= 11 is 0. The second-order valence-corrected chi connectivity index (χ2v) is 5.28. The van der Waals surface area contributed by atoms with Crippen molar-refractivity contribution in [2.45, 2.75) is 26.8 Å². The van der Waals surface area contributed by atoms with Gasteiger partial charge in [0.25, 0.3) is 5.91 Å². The third kappa shape index (κ3) is 3.63. The Hall–Kier alpha value is -2.29. The molecule has 0 heterocycles. The van der Waals surface area contributed by atoms with E-state index in [9.17, 15) is 4.79 Å². The monoisotopic (exact) mass is 283 g/mol. The van der Waals surface area contributed by atoms with Crippen LogP contribution in [0.1, 0.15) is 40.0 Å². The maximum atomic E-state index is 12.3. The molecule has 0 spiro atoms. The maximum absolute atomic E-state index is 12.3. The van der Waals surface area contributed by atoms with Crippen molar-refractivity contribution in [3.63, 3.8) is 0 Å². The number of benzene rings is 2. The number of hydrogen-bond acceptors (Lipinski definition) is 2. The lowest BCUT2D eigenvalue weighted by atomic mass is 10.00. The van der Waals surface area contributed by atoms with E-state index in [0.717, 1.165) is 11.3 Å². The van der Waals surface area contributed by atoms with E-state index in [0.29, 0.717) is 5.56 Å². The molecule has 0 unspecified atom stereocenters. The van der Waals surface area contributed by atoms with Gasteiger partial charge in [-0.25, -0.2) is 0 Å². The minimum atomic E-state index is -0.0786. The van der Waals surface area contributed by atoms with Crippen molar-refractivity contribution in [1.29, 1.82) is 0 Å². The zero-order valence-corrected chi connectivity index (χ0v) is 12.9. The summed E-state index contributed by atoms with van der Waals surface area (Å²) in [5.74, 6) is 0.666. The lowest BCUT2D eigenvalue weighted by Crippen LogP contribution is -2.27. The van der Waals surface area contributed by atoms with Crippen LogP contribution >= 0.6 is 0 Å². The van der Waals surface area contributed by atoms with Gasteiger partial charge >= 0.3 is 0 Å². The molecule has 3 heteroatoms. The first-order valence-corrected chi connectivity index (χ1v) is 7.03. The van der Waals surface area contributed by atoms with E-state index in [-0.39, 0.29) is 11.9 Å². The number of aryl methyl sites for hydroxylation is 2. The van der Waals surface area contributed by atoms with E-state index in [4.69, 9.17) is 4.74 Å². The first-order chi connectivity index (χ1) is 10.0. The van der Waals surface area contributed by atoms with Crippen LogP contribution in [-0.2, 0) is 0 Å². The highest BCUT2D eigenvalue weighted by Crippen LogP contribution is 2.19. The van der Waals surface area contributed by atoms with Crippen LogP contribution in [0.4, 0.5) is 0 Å². The third-order valence-corrected chi connectivity index (χ3v) is 3.59. The van der Waals surface area contributed by atoms with E-state index < -0.39 is 0 Å². The van der Waals surface area contributed by atoms with Crippen molar-refractivity contribution in [2.75, 3.05) is 7.11 Å². The molecular weight excluding hydrogens is 262 g/mol. The summed E-state index contributed by atoms with van der Waals surface area (Å²) in [6.07, 6.45) is 0. The Morgan fingerprint density at radius 2 is 1.76 bits per heavy atom. The topological polar surface area (TPSA) is 38.3 Å². The van der Waals surface area contributed by atoms with Gasteiger partial charge in [-0.1, -0.05) is 23.8 Å². The fourth-order valence-electron chi connectivity index (χ4n) is 2.41. The fraction of sp³-hybridized carbons (Fsp3) is 0.278. The predicted octanol–water partition coefficient (Wildman–Crippen LogP) is 3.80. The van der Waals surface area contributed by atoms with E-state index >= 15 is 0 Å². The molecule has 0 aromatic heterocycles. The van der Waals surface area contributed by atoms with Gasteiger partial charge < -0.3 is 10.1 Å². The highest BCUT2D eigenvalue weighted by Gasteiger charge is 2.13. The molecule has 0 saturated carbocycles. The van der Waals surface area contributed by atoms with Crippen molar-refractivity contribution in [3.05, 3.63) is 64.7 Å². The standard InChI is InChI=1S/C18H21NO2/c1-12-5-10-17(13(2)11-12)14(3)19-18(20)15-6-8-16(21-4)9-7-15/h5-11,14H,1-4H3,(H,19,20)/t14-/m1/s1. The summed E-state index contributed by atoms with van der Waals surface area (Å²) in [5.41, 5.74) is 4.19. The molecule has 110 valence electrons. The van der Waals surface area contributed by atoms with Crippen molar-refractivity contribution >= 4 is 5.91 Å². The summed E-state index contributed by atoms with van der Waals surface area (Å²) < 4.78 is 5.09. The Kier molecular flexibility index (Phi) is 4.63. The first-order valence-electron chi connectivity index (χ1n) is 7.03. The smallest absolute Gasteiger partial charge is 0.251 e. The largest absolute Gasteiger partial charge is 0.497 e. The van der Waals surface area contributed by atoms with E-state index in [1.807, 2.05) is 6.92 Å². The van der Waals surface area contributed by atoms with Crippen LogP contribution in [0.3, 0.4) is 0 Å². The van der Waals surface area contributed by atoms with Crippen molar-refractivity contribution < 1.29 is 9.53 Å². The number of nitrogens with one attached hydrogen (secondary N) is 1. The zero-order valence-electron chi connectivity index (χ0n) is 12.9. The molecule has 0 saturated heterocycles. The average Bonchev–Trinajstić information content (AvgIpc) is 2.47. The van der Waals surface area contributed by atoms with Crippen LogP contribution in [0.15, 0.2) is 42.5 Å². The first kappa shape index (κ1) is 15.1. The Morgan fingerprint density at radius 1 is 1.10 bits per heavy atom. The van der Waals surface area contributed by atoms with Gasteiger partial charge in [0.05, 0.1) is 13.2 Å². The van der Waals surface area contributed by atoms with Gasteiger partial charge in [0.2, 0.25) is 0 Å². The lowest BCUT2D eigenvalue weighted by molar-refractivity contribution is 0.0940. The van der Waals surface area contributed by atoms with Crippen LogP contribution < -0.4 is 10.1 Å². The molecule has 0 radical (unpaired) electrons. The Labute approximate surface area is 126 Å². The maximum Gasteiger partial charge on any atom is 0.251 e. The number of amides is 1. The van der Waals surface area contributed by atoms with Gasteiger partial charge in [0.1, 0.15) is 5.75 Å². The van der Waals surface area contributed by atoms with Crippen LogP contribution in [0.5, 0.6) is 5.75 Å². The van der Waals surface area contributed by atoms with E-state index in [1.165, 1.54) is 11.1 Å². The minimum absolute atomic E-state index is 0.0276. The zero-order chi connectivity index (χ0) is 15.4. The highest BCUT2D eigenvalue weighted by atomic mass is 16.5. The molecule has 1 atom stereocenters. The normalized spacial score (nSPS) is 11.8. The van der Waals surface area contributed by atoms with Crippen LogP contribution in [-0.4, -0.2) is 13.0 Å². The van der Waals surface area contributed by atoms with Crippen LogP contribution in [0.2, 0.25) is 0 Å². The summed E-state index contributed by atoms with van der Waals surface area (Å²) in [7, 11) is 1.61. The van der Waals surface area contributed by atoms with Crippen molar-refractivity contribution in [3.8, 4) is 5.75 Å². The van der Waals surface area contributed by atoms with Gasteiger partial charge in [-0.3, -0.25) is 4.79 Å². The molecule has 1 amide bonds. The van der Waals surface area contributed by atoms with Gasteiger partial charge in [-0.15, -0.1) is 0 Å². The molecule has 0 aliphatic heterocycles. The molecular formula is C18H21NO2. The number of hydrogen-bond donors (Lipinski definition) is 1. The Bertz CT molecular complexity index is 632. The second kappa shape index (κ2) is 6.44. The summed E-state index contributed by atoms with van der Waals surface area (Å²) in [6.45, 7) is 6.13. The van der Waals surface area contributed by atoms with Crippen LogP contribution in [0.25, 0.3) is 0 Å². The molecule has 0 aliphatic carbocycles. The van der Waals surface area contributed by atoms with Crippen molar-refractivity contribution in [2.24, 2.45) is 0 Å². The summed E-state index contributed by atoms with van der Waals surface area (Å²) in [6, 6.07) is 13.4. The summed E-state index contributed by atoms with van der Waals surface area (Å²) in [5, 5.41) is 3.03. The SMILES string of the molecule is COc1ccc(C(=O)N[C@H](C)c2ccc(C)cc2C)cc1. The number of carbonyl (C=O) groups excluding carboxylic acids is 1. The molecule has 2 aromatic rings. The second-order valence-electron chi connectivity index (χ2n) is 5.28. The highest BCUT2D eigenvalue weighted by molar-refractivity contribution is 5.94. The predicted molar refractivity (Wildman–Crippen MR) is 84.8 cm³/mol. The number of methoxy groups -OCH3 is 1. The Morgan fingerprint density at radius 3 is 2.33 bits per heavy atom. The lowest BCUT2D eigenvalue weighted by Gasteiger charge is -2.17. The average molecular weight is 283 g/mol. The fourth-order valence-corrected chi connectivity index (χ4v) is 2.41. The van der Waals surface area contributed by atoms with E-state index in [2.05, 4.69) is 37.4 Å². The van der Waals surface area contributed by atoms with Crippen molar-refractivity contribution in [1.82, 2.24) is 5.32 Å². The molecule has 1 N–H and O–H groups in total. The molecule has 2 aromatic carbocycles. The Balaban J connectivity index is 2.10. The quantitative estimate of drug-likeness (QED) is 0.926. The molecule has 0 bridgehead atoms. The van der Waals surface area contributed by atoms with Gasteiger partial charge in [-0.05, 0) is 56.2 Å². The number of rotatable bonds is 4. The number of ether oxygens (including phenoxy) is 1. The van der Waals surface area contributed by atoms with Gasteiger partial charge in [-0.2, -0.15) is 0 Å². The van der Waals surface area contributed by atoms with E-state index in [1.54, 1.807) is 31.4 Å². The van der Waals surface area contributed by atoms with Crippen LogP contribution in [0, 0.1) is 13.8 Å². The molecule has 3 nitrogen and oxygen atoms in total.